The Morgan fingerprint density at radius 3 is 2.43 bits per heavy atom. The number of hydrogen-bond donors (Lipinski definition) is 1. The Kier molecular flexibility index (Phi) is 3.31. The lowest BCUT2D eigenvalue weighted by Gasteiger charge is -2.12. The van der Waals surface area contributed by atoms with E-state index in [1.807, 2.05) is 0 Å². The number of methoxy groups -OCH3 is 1. The van der Waals surface area contributed by atoms with E-state index in [-0.39, 0.29) is 17.1 Å². The van der Waals surface area contributed by atoms with E-state index in [0.717, 1.165) is 6.07 Å². The van der Waals surface area contributed by atoms with Crippen LogP contribution in [0, 0.1) is 0 Å². The van der Waals surface area contributed by atoms with Gasteiger partial charge in [-0.15, -0.1) is 0 Å². The van der Waals surface area contributed by atoms with Crippen LogP contribution in [0.25, 0.3) is 0 Å². The Morgan fingerprint density at radius 1 is 1.36 bits per heavy atom. The molecule has 14 heavy (non-hydrogen) atoms. The monoisotopic (exact) mass is 222 g/mol. The van der Waals surface area contributed by atoms with Crippen LogP contribution in [-0.2, 0) is 11.9 Å². The lowest BCUT2D eigenvalue weighted by Crippen LogP contribution is -2.08. The van der Waals surface area contributed by atoms with Gasteiger partial charge in [0.1, 0.15) is 5.75 Å². The fraction of sp³-hybridized carbons (Fsp3) is 0.333. The Morgan fingerprint density at radius 2 is 2.00 bits per heavy atom. The van der Waals surface area contributed by atoms with Crippen molar-refractivity contribution in [3.8, 4) is 5.75 Å². The fourth-order valence-corrected chi connectivity index (χ4v) is 1.36. The standard InChI is InChI=1S/C9H9F3OS/c1-13-7-3-2-6(5-14)8(4-7)9(10,11)12/h2-4,14H,5H2,1H3. The van der Waals surface area contributed by atoms with Crippen molar-refractivity contribution in [1.82, 2.24) is 0 Å². The number of alkyl halides is 3. The summed E-state index contributed by atoms with van der Waals surface area (Å²) < 4.78 is 42.1. The molecule has 0 aliphatic rings. The molecular weight excluding hydrogens is 213 g/mol. The van der Waals surface area contributed by atoms with Gasteiger partial charge in [0.15, 0.2) is 0 Å². The number of thiol groups is 1. The average Bonchev–Trinajstić information content (AvgIpc) is 2.15. The van der Waals surface area contributed by atoms with Gasteiger partial charge in [-0.05, 0) is 17.7 Å². The Labute approximate surface area is 85.3 Å². The molecule has 1 aromatic carbocycles. The van der Waals surface area contributed by atoms with Gasteiger partial charge in [0.05, 0.1) is 12.7 Å². The molecule has 0 aliphatic carbocycles. The summed E-state index contributed by atoms with van der Waals surface area (Å²) in [4.78, 5) is 0. The highest BCUT2D eigenvalue weighted by Crippen LogP contribution is 2.34. The smallest absolute Gasteiger partial charge is 0.416 e. The van der Waals surface area contributed by atoms with E-state index in [0.29, 0.717) is 0 Å². The van der Waals surface area contributed by atoms with Crippen molar-refractivity contribution in [3.05, 3.63) is 29.3 Å². The second kappa shape index (κ2) is 4.13. The second-order valence-corrected chi connectivity index (χ2v) is 3.00. The van der Waals surface area contributed by atoms with E-state index in [9.17, 15) is 13.2 Å². The molecule has 0 saturated heterocycles. The van der Waals surface area contributed by atoms with Gasteiger partial charge < -0.3 is 4.74 Å². The Balaban J connectivity index is 3.22. The molecule has 1 aromatic rings. The number of halogens is 3. The maximum atomic E-state index is 12.5. The summed E-state index contributed by atoms with van der Waals surface area (Å²) in [7, 11) is 1.33. The normalized spacial score (nSPS) is 11.5. The quantitative estimate of drug-likeness (QED) is 0.756. The summed E-state index contributed by atoms with van der Waals surface area (Å²) in [5, 5.41) is 0. The minimum absolute atomic E-state index is 0.0544. The van der Waals surface area contributed by atoms with Gasteiger partial charge in [0, 0.05) is 5.75 Å². The first-order valence-corrected chi connectivity index (χ1v) is 4.47. The first kappa shape index (κ1) is 11.2. The molecule has 0 saturated carbocycles. The van der Waals surface area contributed by atoms with Gasteiger partial charge in [-0.2, -0.15) is 25.8 Å². The maximum absolute atomic E-state index is 12.5. The second-order valence-electron chi connectivity index (χ2n) is 2.68. The van der Waals surface area contributed by atoms with Crippen LogP contribution < -0.4 is 4.74 Å². The molecule has 0 radical (unpaired) electrons. The van der Waals surface area contributed by atoms with Crippen LogP contribution in [0.1, 0.15) is 11.1 Å². The predicted octanol–water partition coefficient (Wildman–Crippen LogP) is 3.14. The van der Waals surface area contributed by atoms with Crippen LogP contribution in [0.4, 0.5) is 13.2 Å². The lowest BCUT2D eigenvalue weighted by molar-refractivity contribution is -0.138. The zero-order valence-electron chi connectivity index (χ0n) is 7.43. The summed E-state index contributed by atoms with van der Waals surface area (Å²) in [6, 6.07) is 3.83. The van der Waals surface area contributed by atoms with Crippen LogP contribution in [0.2, 0.25) is 0 Å². The summed E-state index contributed by atoms with van der Waals surface area (Å²) >= 11 is 3.83. The summed E-state index contributed by atoms with van der Waals surface area (Å²) in [5.74, 6) is 0.251. The van der Waals surface area contributed by atoms with E-state index >= 15 is 0 Å². The molecule has 0 bridgehead atoms. The summed E-state index contributed by atoms with van der Waals surface area (Å²) in [5.41, 5.74) is -0.534. The third-order valence-electron chi connectivity index (χ3n) is 1.79. The van der Waals surface area contributed by atoms with Crippen molar-refractivity contribution in [2.45, 2.75) is 11.9 Å². The molecule has 0 aliphatic heterocycles. The first-order chi connectivity index (χ1) is 6.49. The number of benzene rings is 1. The van der Waals surface area contributed by atoms with Crippen molar-refractivity contribution >= 4 is 12.6 Å². The van der Waals surface area contributed by atoms with E-state index in [2.05, 4.69) is 12.6 Å². The average molecular weight is 222 g/mol. The molecule has 78 valence electrons. The lowest BCUT2D eigenvalue weighted by atomic mass is 10.1. The molecule has 1 rings (SSSR count). The van der Waals surface area contributed by atoms with Crippen molar-refractivity contribution < 1.29 is 17.9 Å². The van der Waals surface area contributed by atoms with Crippen molar-refractivity contribution in [1.29, 1.82) is 0 Å². The van der Waals surface area contributed by atoms with Gasteiger partial charge in [0.2, 0.25) is 0 Å². The SMILES string of the molecule is COc1ccc(CS)c(C(F)(F)F)c1. The Hall–Kier alpha value is -0.840. The maximum Gasteiger partial charge on any atom is 0.416 e. The van der Waals surface area contributed by atoms with Crippen LogP contribution in [0.15, 0.2) is 18.2 Å². The topological polar surface area (TPSA) is 9.23 Å². The molecule has 0 heterocycles. The highest BCUT2D eigenvalue weighted by atomic mass is 32.1. The van der Waals surface area contributed by atoms with Crippen LogP contribution in [-0.4, -0.2) is 7.11 Å². The van der Waals surface area contributed by atoms with Crippen LogP contribution in [0.5, 0.6) is 5.75 Å². The Bertz CT molecular complexity index is 322. The first-order valence-electron chi connectivity index (χ1n) is 3.84. The van der Waals surface area contributed by atoms with Gasteiger partial charge in [-0.3, -0.25) is 0 Å². The molecular formula is C9H9F3OS. The van der Waals surface area contributed by atoms with E-state index in [4.69, 9.17) is 4.74 Å². The van der Waals surface area contributed by atoms with Gasteiger partial charge in [0.25, 0.3) is 0 Å². The van der Waals surface area contributed by atoms with Crippen molar-refractivity contribution in [3.63, 3.8) is 0 Å². The largest absolute Gasteiger partial charge is 0.497 e. The molecule has 0 amide bonds. The van der Waals surface area contributed by atoms with E-state index in [1.165, 1.54) is 19.2 Å². The molecule has 5 heteroatoms. The summed E-state index contributed by atoms with van der Waals surface area (Å²) in [6.07, 6.45) is -4.35. The predicted molar refractivity (Wildman–Crippen MR) is 50.7 cm³/mol. The third kappa shape index (κ3) is 2.35. The highest BCUT2D eigenvalue weighted by molar-refractivity contribution is 7.79. The van der Waals surface area contributed by atoms with Gasteiger partial charge >= 0.3 is 6.18 Å². The minimum atomic E-state index is -4.35. The van der Waals surface area contributed by atoms with Crippen molar-refractivity contribution in [2.24, 2.45) is 0 Å². The molecule has 0 N–H and O–H groups in total. The molecule has 0 aromatic heterocycles. The molecule has 0 atom stereocenters. The zero-order valence-corrected chi connectivity index (χ0v) is 8.32. The third-order valence-corrected chi connectivity index (χ3v) is 2.13. The fourth-order valence-electron chi connectivity index (χ4n) is 1.08. The van der Waals surface area contributed by atoms with Crippen LogP contribution in [0.3, 0.4) is 0 Å². The molecule has 1 nitrogen and oxygen atoms in total. The summed E-state index contributed by atoms with van der Waals surface area (Å²) in [6.45, 7) is 0. The van der Waals surface area contributed by atoms with Gasteiger partial charge in [-0.25, -0.2) is 0 Å². The number of rotatable bonds is 2. The molecule has 0 fully saturated rings. The molecule has 0 spiro atoms. The highest BCUT2D eigenvalue weighted by Gasteiger charge is 2.33. The zero-order chi connectivity index (χ0) is 10.8. The van der Waals surface area contributed by atoms with E-state index in [1.54, 1.807) is 0 Å². The van der Waals surface area contributed by atoms with Crippen molar-refractivity contribution in [2.75, 3.05) is 7.11 Å². The minimum Gasteiger partial charge on any atom is -0.497 e. The van der Waals surface area contributed by atoms with Crippen LogP contribution >= 0.6 is 12.6 Å². The number of hydrogen-bond acceptors (Lipinski definition) is 2. The van der Waals surface area contributed by atoms with Gasteiger partial charge in [-0.1, -0.05) is 6.07 Å². The van der Waals surface area contributed by atoms with E-state index < -0.39 is 11.7 Å². The number of ether oxygens (including phenoxy) is 1. The molecule has 0 unspecified atom stereocenters.